The van der Waals surface area contributed by atoms with Crippen LogP contribution in [-0.4, -0.2) is 17.8 Å². The van der Waals surface area contributed by atoms with Crippen molar-refractivity contribution in [2.75, 3.05) is 4.90 Å². The van der Waals surface area contributed by atoms with Crippen LogP contribution in [0.15, 0.2) is 24.3 Å². The number of imide groups is 1. The molecule has 2 rings (SSSR count). The largest absolute Gasteiger partial charge is 0.427 e. The lowest BCUT2D eigenvalue weighted by molar-refractivity contribution is -0.134. The van der Waals surface area contributed by atoms with E-state index in [0.29, 0.717) is 17.9 Å². The summed E-state index contributed by atoms with van der Waals surface area (Å²) in [5, 5.41) is 0. The number of benzene rings is 1. The number of carbonyl (C=O) groups is 3. The quantitative estimate of drug-likeness (QED) is 0.297. The molecule has 1 aromatic carbocycles. The molecule has 1 aromatic rings. The molecule has 0 aliphatic carbocycles. The van der Waals surface area contributed by atoms with Gasteiger partial charge in [0.1, 0.15) is 5.75 Å². The normalized spacial score (nSPS) is 14.3. The van der Waals surface area contributed by atoms with E-state index < -0.39 is 0 Å². The number of ether oxygens (including phenoxy) is 1. The van der Waals surface area contributed by atoms with Crippen molar-refractivity contribution in [2.24, 2.45) is 0 Å². The molecule has 1 fully saturated rings. The van der Waals surface area contributed by atoms with Crippen LogP contribution in [0, 0.1) is 0 Å². The lowest BCUT2D eigenvalue weighted by Gasteiger charge is -2.14. The minimum atomic E-state index is -0.244. The van der Waals surface area contributed by atoms with Gasteiger partial charge in [0, 0.05) is 19.3 Å². The number of carbonyl (C=O) groups excluding carboxylic acids is 3. The van der Waals surface area contributed by atoms with E-state index in [-0.39, 0.29) is 30.6 Å². The molecule has 0 N–H and O–H groups in total. The summed E-state index contributed by atoms with van der Waals surface area (Å²) in [5.41, 5.74) is 0.526. The molecule has 5 nitrogen and oxygen atoms in total. The van der Waals surface area contributed by atoms with Gasteiger partial charge in [-0.1, -0.05) is 39.0 Å². The number of anilines is 1. The second kappa shape index (κ2) is 9.21. The molecule has 0 spiro atoms. The SMILES string of the molecule is CCCCCCCCC(=O)Oc1ccc(N2C(=O)CCC2=O)cc1. The minimum absolute atomic E-state index is 0.187. The Morgan fingerprint density at radius 3 is 2.17 bits per heavy atom. The Morgan fingerprint density at radius 2 is 1.54 bits per heavy atom. The zero-order chi connectivity index (χ0) is 17.4. The summed E-state index contributed by atoms with van der Waals surface area (Å²) in [6, 6.07) is 6.50. The van der Waals surface area contributed by atoms with Gasteiger partial charge in [-0.05, 0) is 30.7 Å². The third-order valence-electron chi connectivity index (χ3n) is 4.11. The van der Waals surface area contributed by atoms with Crippen LogP contribution in [-0.2, 0) is 14.4 Å². The van der Waals surface area contributed by atoms with E-state index in [4.69, 9.17) is 4.74 Å². The summed E-state index contributed by atoms with van der Waals surface area (Å²) in [6.45, 7) is 2.18. The van der Waals surface area contributed by atoms with Gasteiger partial charge in [-0.15, -0.1) is 0 Å². The third-order valence-corrected chi connectivity index (χ3v) is 4.11. The van der Waals surface area contributed by atoms with Crippen molar-refractivity contribution in [2.45, 2.75) is 64.7 Å². The van der Waals surface area contributed by atoms with Gasteiger partial charge < -0.3 is 4.74 Å². The van der Waals surface area contributed by atoms with Gasteiger partial charge in [0.05, 0.1) is 5.69 Å². The number of hydrogen-bond donors (Lipinski definition) is 0. The zero-order valence-electron chi connectivity index (χ0n) is 14.3. The summed E-state index contributed by atoms with van der Waals surface area (Å²) in [7, 11) is 0. The first-order valence-electron chi connectivity index (χ1n) is 8.78. The number of rotatable bonds is 9. The van der Waals surface area contributed by atoms with E-state index in [2.05, 4.69) is 6.92 Å². The first kappa shape index (κ1) is 18.2. The lowest BCUT2D eigenvalue weighted by atomic mass is 10.1. The second-order valence-corrected chi connectivity index (χ2v) is 6.11. The molecule has 2 amide bonds. The van der Waals surface area contributed by atoms with Gasteiger partial charge in [-0.2, -0.15) is 0 Å². The van der Waals surface area contributed by atoms with E-state index >= 15 is 0 Å². The maximum absolute atomic E-state index is 11.8. The lowest BCUT2D eigenvalue weighted by Crippen LogP contribution is -2.28. The van der Waals surface area contributed by atoms with Crippen LogP contribution in [0.25, 0.3) is 0 Å². The maximum atomic E-state index is 11.8. The van der Waals surface area contributed by atoms with E-state index in [9.17, 15) is 14.4 Å². The van der Waals surface area contributed by atoms with Crippen LogP contribution >= 0.6 is 0 Å². The Hall–Kier alpha value is -2.17. The van der Waals surface area contributed by atoms with Crippen molar-refractivity contribution in [1.29, 1.82) is 0 Å². The van der Waals surface area contributed by atoms with Crippen molar-refractivity contribution < 1.29 is 19.1 Å². The van der Waals surface area contributed by atoms with Gasteiger partial charge >= 0.3 is 5.97 Å². The van der Waals surface area contributed by atoms with Crippen LogP contribution in [0.1, 0.15) is 64.7 Å². The van der Waals surface area contributed by atoms with E-state index in [1.807, 2.05) is 0 Å². The minimum Gasteiger partial charge on any atom is -0.427 e. The van der Waals surface area contributed by atoms with Crippen molar-refractivity contribution >= 4 is 23.5 Å². The molecular formula is C19H25NO4. The molecule has 0 bridgehead atoms. The standard InChI is InChI=1S/C19H25NO4/c1-2-3-4-5-6-7-8-19(23)24-16-11-9-15(10-12-16)20-17(21)13-14-18(20)22/h9-12H,2-8,13-14H2,1H3. The van der Waals surface area contributed by atoms with Crippen LogP contribution in [0.2, 0.25) is 0 Å². The number of esters is 1. The van der Waals surface area contributed by atoms with Crippen molar-refractivity contribution in [3.05, 3.63) is 24.3 Å². The number of unbranched alkanes of at least 4 members (excludes halogenated alkanes) is 5. The average molecular weight is 331 g/mol. The third kappa shape index (κ3) is 5.18. The van der Waals surface area contributed by atoms with Gasteiger partial charge in [-0.3, -0.25) is 19.3 Å². The van der Waals surface area contributed by atoms with Crippen molar-refractivity contribution in [1.82, 2.24) is 0 Å². The van der Waals surface area contributed by atoms with Gasteiger partial charge in [0.2, 0.25) is 11.8 Å². The molecule has 1 saturated heterocycles. The Labute approximate surface area is 143 Å². The Bertz CT molecular complexity index is 564. The molecule has 0 radical (unpaired) electrons. The smallest absolute Gasteiger partial charge is 0.311 e. The fourth-order valence-corrected chi connectivity index (χ4v) is 2.76. The molecule has 1 aliphatic heterocycles. The highest BCUT2D eigenvalue weighted by molar-refractivity contribution is 6.19. The fourth-order valence-electron chi connectivity index (χ4n) is 2.76. The Balaban J connectivity index is 1.76. The first-order valence-corrected chi connectivity index (χ1v) is 8.78. The highest BCUT2D eigenvalue weighted by Crippen LogP contribution is 2.25. The Kier molecular flexibility index (Phi) is 6.97. The average Bonchev–Trinajstić information content (AvgIpc) is 2.90. The summed E-state index contributed by atoms with van der Waals surface area (Å²) < 4.78 is 5.29. The molecule has 0 aromatic heterocycles. The van der Waals surface area contributed by atoms with E-state index in [1.54, 1.807) is 24.3 Å². The topological polar surface area (TPSA) is 63.7 Å². The first-order chi connectivity index (χ1) is 11.6. The van der Waals surface area contributed by atoms with Crippen LogP contribution < -0.4 is 9.64 Å². The molecule has 1 heterocycles. The summed E-state index contributed by atoms with van der Waals surface area (Å²) in [5.74, 6) is -0.180. The summed E-state index contributed by atoms with van der Waals surface area (Å²) in [6.07, 6.45) is 7.67. The van der Waals surface area contributed by atoms with Crippen molar-refractivity contribution in [3.63, 3.8) is 0 Å². The predicted molar refractivity (Wildman–Crippen MR) is 91.8 cm³/mol. The zero-order valence-corrected chi connectivity index (χ0v) is 14.3. The molecular weight excluding hydrogens is 306 g/mol. The highest BCUT2D eigenvalue weighted by Gasteiger charge is 2.30. The number of amides is 2. The number of hydrogen-bond acceptors (Lipinski definition) is 4. The molecule has 24 heavy (non-hydrogen) atoms. The van der Waals surface area contributed by atoms with Crippen LogP contribution in [0.3, 0.4) is 0 Å². The van der Waals surface area contributed by atoms with Crippen LogP contribution in [0.5, 0.6) is 5.75 Å². The molecule has 130 valence electrons. The van der Waals surface area contributed by atoms with E-state index in [1.165, 1.54) is 24.2 Å². The molecule has 0 unspecified atom stereocenters. The molecule has 0 atom stereocenters. The predicted octanol–water partition coefficient (Wildman–Crippen LogP) is 4.00. The summed E-state index contributed by atoms with van der Waals surface area (Å²) >= 11 is 0. The van der Waals surface area contributed by atoms with Gasteiger partial charge in [0.15, 0.2) is 0 Å². The van der Waals surface area contributed by atoms with Gasteiger partial charge in [-0.25, -0.2) is 0 Å². The number of nitrogens with zero attached hydrogens (tertiary/aromatic N) is 1. The highest BCUT2D eigenvalue weighted by atomic mass is 16.5. The summed E-state index contributed by atoms with van der Waals surface area (Å²) in [4.78, 5) is 36.3. The Morgan fingerprint density at radius 1 is 0.958 bits per heavy atom. The maximum Gasteiger partial charge on any atom is 0.311 e. The van der Waals surface area contributed by atoms with Gasteiger partial charge in [0.25, 0.3) is 0 Å². The molecule has 0 saturated carbocycles. The second-order valence-electron chi connectivity index (χ2n) is 6.11. The molecule has 5 heteroatoms. The van der Waals surface area contributed by atoms with Crippen LogP contribution in [0.4, 0.5) is 5.69 Å². The molecule has 1 aliphatic rings. The van der Waals surface area contributed by atoms with E-state index in [0.717, 1.165) is 19.3 Å². The fraction of sp³-hybridized carbons (Fsp3) is 0.526. The monoisotopic (exact) mass is 331 g/mol. The van der Waals surface area contributed by atoms with Crippen molar-refractivity contribution in [3.8, 4) is 5.75 Å².